The van der Waals surface area contributed by atoms with Gasteiger partial charge in [0.1, 0.15) is 5.54 Å². The first-order valence-corrected chi connectivity index (χ1v) is 9.52. The molecule has 4 atom stereocenters. The molecule has 0 unspecified atom stereocenters. The zero-order valence-corrected chi connectivity index (χ0v) is 15.7. The Hall–Kier alpha value is -2.99. The van der Waals surface area contributed by atoms with E-state index >= 15 is 0 Å². The molecule has 2 saturated heterocycles. The molecule has 142 valence electrons. The van der Waals surface area contributed by atoms with Gasteiger partial charge in [-0.2, -0.15) is 0 Å². The fourth-order valence-corrected chi connectivity index (χ4v) is 5.09. The van der Waals surface area contributed by atoms with Crippen molar-refractivity contribution >= 4 is 23.4 Å². The summed E-state index contributed by atoms with van der Waals surface area (Å²) >= 11 is 0. The molecule has 6 heteroatoms. The molecular formula is C22H21N3O3. The minimum atomic E-state index is -1.21. The van der Waals surface area contributed by atoms with Crippen LogP contribution in [0, 0.1) is 25.7 Å². The van der Waals surface area contributed by atoms with Gasteiger partial charge in [-0.05, 0) is 37.0 Å². The van der Waals surface area contributed by atoms with Gasteiger partial charge in [0.25, 0.3) is 0 Å². The number of aryl methyl sites for hydroxylation is 1. The zero-order valence-electron chi connectivity index (χ0n) is 15.7. The summed E-state index contributed by atoms with van der Waals surface area (Å²) in [6.45, 7) is 3.95. The standard InChI is InChI=1S/C22H21N3O3/c1-11-8-9-14-18(12(11)2)23-21(28)22(14)17-16(19(26)24-20(17)27)15(25-22)10-13-6-4-3-5-7-13/h3-9,15-17,25H,10H2,1-2H3,(H,23,28)(H,24,26,27)/t15-,16+,17-,22+/m0/s1. The van der Waals surface area contributed by atoms with Gasteiger partial charge >= 0.3 is 0 Å². The lowest BCUT2D eigenvalue weighted by Gasteiger charge is -2.28. The second-order valence-corrected chi connectivity index (χ2v) is 7.99. The highest BCUT2D eigenvalue weighted by atomic mass is 16.2. The van der Waals surface area contributed by atoms with Crippen molar-refractivity contribution in [2.45, 2.75) is 31.8 Å². The van der Waals surface area contributed by atoms with Crippen LogP contribution in [0.25, 0.3) is 0 Å². The number of hydrogen-bond acceptors (Lipinski definition) is 4. The molecular weight excluding hydrogens is 354 g/mol. The van der Waals surface area contributed by atoms with E-state index in [4.69, 9.17) is 0 Å². The molecule has 3 heterocycles. The third-order valence-electron chi connectivity index (χ3n) is 6.56. The third kappa shape index (κ3) is 2.09. The molecule has 0 saturated carbocycles. The summed E-state index contributed by atoms with van der Waals surface area (Å²) in [7, 11) is 0. The normalized spacial score (nSPS) is 30.4. The molecule has 3 aliphatic rings. The number of nitrogens with one attached hydrogen (secondary N) is 3. The predicted octanol–water partition coefficient (Wildman–Crippen LogP) is 1.55. The lowest BCUT2D eigenvalue weighted by atomic mass is 9.76. The highest BCUT2D eigenvalue weighted by Crippen LogP contribution is 2.52. The van der Waals surface area contributed by atoms with Crippen LogP contribution < -0.4 is 16.0 Å². The average molecular weight is 375 g/mol. The molecule has 0 aliphatic carbocycles. The van der Waals surface area contributed by atoms with Crippen LogP contribution in [0.3, 0.4) is 0 Å². The van der Waals surface area contributed by atoms with Crippen molar-refractivity contribution in [3.63, 3.8) is 0 Å². The Bertz CT molecular complexity index is 1030. The Balaban J connectivity index is 1.65. The molecule has 0 bridgehead atoms. The van der Waals surface area contributed by atoms with E-state index in [0.29, 0.717) is 6.42 Å². The van der Waals surface area contributed by atoms with E-state index in [1.165, 1.54) is 0 Å². The van der Waals surface area contributed by atoms with Crippen LogP contribution in [0.4, 0.5) is 5.69 Å². The number of fused-ring (bicyclic) bond motifs is 4. The SMILES string of the molecule is Cc1ccc2c(c1C)NC(=O)[C@@]21N[C@@H](Cc2ccccc2)[C@H]2C(=O)NC(=O)[C@H]21. The molecule has 28 heavy (non-hydrogen) atoms. The second-order valence-electron chi connectivity index (χ2n) is 7.99. The Morgan fingerprint density at radius 3 is 2.43 bits per heavy atom. The van der Waals surface area contributed by atoms with Gasteiger partial charge < -0.3 is 5.32 Å². The fourth-order valence-electron chi connectivity index (χ4n) is 5.09. The maximum absolute atomic E-state index is 13.2. The summed E-state index contributed by atoms with van der Waals surface area (Å²) in [5.41, 5.74) is 3.41. The Morgan fingerprint density at radius 2 is 1.68 bits per heavy atom. The van der Waals surface area contributed by atoms with Crippen LogP contribution in [0.15, 0.2) is 42.5 Å². The van der Waals surface area contributed by atoms with E-state index in [1.54, 1.807) is 0 Å². The molecule has 2 fully saturated rings. The van der Waals surface area contributed by atoms with Gasteiger partial charge in [0.2, 0.25) is 17.7 Å². The summed E-state index contributed by atoms with van der Waals surface area (Å²) in [6, 6.07) is 13.4. The number of carbonyl (C=O) groups excluding carboxylic acids is 3. The van der Waals surface area contributed by atoms with Gasteiger partial charge in [0.15, 0.2) is 0 Å². The summed E-state index contributed by atoms with van der Waals surface area (Å²) in [4.78, 5) is 38.7. The molecule has 1 spiro atoms. The molecule has 3 amide bonds. The highest BCUT2D eigenvalue weighted by molar-refractivity contribution is 6.15. The van der Waals surface area contributed by atoms with E-state index in [1.807, 2.05) is 56.3 Å². The predicted molar refractivity (Wildman–Crippen MR) is 103 cm³/mol. The van der Waals surface area contributed by atoms with Crippen molar-refractivity contribution in [2.75, 3.05) is 5.32 Å². The Kier molecular flexibility index (Phi) is 3.52. The molecule has 0 aromatic heterocycles. The van der Waals surface area contributed by atoms with Gasteiger partial charge in [0.05, 0.1) is 11.8 Å². The zero-order chi connectivity index (χ0) is 19.6. The van der Waals surface area contributed by atoms with E-state index in [0.717, 1.165) is 27.9 Å². The summed E-state index contributed by atoms with van der Waals surface area (Å²) in [6.07, 6.45) is 0.567. The number of hydrogen-bond donors (Lipinski definition) is 3. The molecule has 0 radical (unpaired) electrons. The van der Waals surface area contributed by atoms with Crippen LogP contribution in [0.1, 0.15) is 22.3 Å². The van der Waals surface area contributed by atoms with Crippen LogP contribution in [-0.4, -0.2) is 23.8 Å². The largest absolute Gasteiger partial charge is 0.324 e. The summed E-state index contributed by atoms with van der Waals surface area (Å²) in [5.74, 6) is -2.26. The first-order chi connectivity index (χ1) is 13.4. The van der Waals surface area contributed by atoms with Gasteiger partial charge in [-0.3, -0.25) is 25.0 Å². The molecule has 2 aromatic rings. The molecule has 5 rings (SSSR count). The number of imide groups is 1. The fraction of sp³-hybridized carbons (Fsp3) is 0.318. The number of amides is 3. The first kappa shape index (κ1) is 17.1. The number of benzene rings is 2. The first-order valence-electron chi connectivity index (χ1n) is 9.52. The van der Waals surface area contributed by atoms with Crippen molar-refractivity contribution in [1.82, 2.24) is 10.6 Å². The quantitative estimate of drug-likeness (QED) is 0.695. The van der Waals surface area contributed by atoms with Crippen molar-refractivity contribution in [3.05, 3.63) is 64.7 Å². The minimum absolute atomic E-state index is 0.258. The van der Waals surface area contributed by atoms with E-state index in [-0.39, 0.29) is 23.8 Å². The molecule has 3 aliphatic heterocycles. The van der Waals surface area contributed by atoms with Crippen molar-refractivity contribution in [1.29, 1.82) is 0 Å². The lowest BCUT2D eigenvalue weighted by Crippen LogP contribution is -2.53. The van der Waals surface area contributed by atoms with Crippen LogP contribution in [-0.2, 0) is 26.3 Å². The van der Waals surface area contributed by atoms with Crippen LogP contribution in [0.2, 0.25) is 0 Å². The topological polar surface area (TPSA) is 87.3 Å². The summed E-state index contributed by atoms with van der Waals surface area (Å²) < 4.78 is 0. The lowest BCUT2D eigenvalue weighted by molar-refractivity contribution is -0.132. The maximum atomic E-state index is 13.2. The Labute approximate surface area is 162 Å². The average Bonchev–Trinajstić information content (AvgIpc) is 3.26. The maximum Gasteiger partial charge on any atom is 0.250 e. The van der Waals surface area contributed by atoms with Gasteiger partial charge in [0, 0.05) is 17.3 Å². The van der Waals surface area contributed by atoms with Crippen molar-refractivity contribution in [3.8, 4) is 0 Å². The van der Waals surface area contributed by atoms with E-state index in [2.05, 4.69) is 16.0 Å². The Morgan fingerprint density at radius 1 is 0.929 bits per heavy atom. The molecule has 6 nitrogen and oxygen atoms in total. The van der Waals surface area contributed by atoms with Crippen molar-refractivity contribution in [2.24, 2.45) is 11.8 Å². The number of rotatable bonds is 2. The number of anilines is 1. The van der Waals surface area contributed by atoms with E-state index < -0.39 is 17.4 Å². The number of carbonyl (C=O) groups is 3. The van der Waals surface area contributed by atoms with Gasteiger partial charge in [-0.25, -0.2) is 0 Å². The van der Waals surface area contributed by atoms with Crippen LogP contribution >= 0.6 is 0 Å². The van der Waals surface area contributed by atoms with Crippen LogP contribution in [0.5, 0.6) is 0 Å². The van der Waals surface area contributed by atoms with Gasteiger partial charge in [-0.15, -0.1) is 0 Å². The highest BCUT2D eigenvalue weighted by Gasteiger charge is 2.68. The van der Waals surface area contributed by atoms with Crippen molar-refractivity contribution < 1.29 is 14.4 Å². The monoisotopic (exact) mass is 375 g/mol. The molecule has 3 N–H and O–H groups in total. The van der Waals surface area contributed by atoms with Gasteiger partial charge in [-0.1, -0.05) is 42.5 Å². The smallest absolute Gasteiger partial charge is 0.250 e. The third-order valence-corrected chi connectivity index (χ3v) is 6.56. The summed E-state index contributed by atoms with van der Waals surface area (Å²) in [5, 5.41) is 8.88. The van der Waals surface area contributed by atoms with E-state index in [9.17, 15) is 14.4 Å². The second kappa shape index (κ2) is 5.75. The molecule has 2 aromatic carbocycles. The minimum Gasteiger partial charge on any atom is -0.324 e.